The molecule has 0 atom stereocenters. The van der Waals surface area contributed by atoms with Crippen molar-refractivity contribution in [1.82, 2.24) is 4.98 Å². The minimum atomic E-state index is 0.0187. The lowest BCUT2D eigenvalue weighted by atomic mass is 10.1. The molecule has 0 spiro atoms. The Bertz CT molecular complexity index is 551. The van der Waals surface area contributed by atoms with E-state index < -0.39 is 0 Å². The Balaban J connectivity index is 0.000000235. The summed E-state index contributed by atoms with van der Waals surface area (Å²) in [5.41, 5.74) is 2.15. The molecule has 1 aromatic heterocycles. The lowest BCUT2D eigenvalue weighted by Gasteiger charge is -2.04. The van der Waals surface area contributed by atoms with Gasteiger partial charge < -0.3 is 10.1 Å². The van der Waals surface area contributed by atoms with E-state index in [1.807, 2.05) is 55.7 Å². The average Bonchev–Trinajstić information content (AvgIpc) is 2.57. The van der Waals surface area contributed by atoms with E-state index in [2.05, 4.69) is 24.1 Å². The lowest BCUT2D eigenvalue weighted by Crippen LogP contribution is -2.08. The van der Waals surface area contributed by atoms with Gasteiger partial charge in [0.15, 0.2) is 0 Å². The molecule has 1 aromatic carbocycles. The van der Waals surface area contributed by atoms with E-state index in [1.165, 1.54) is 5.56 Å². The second-order valence-corrected chi connectivity index (χ2v) is 5.07. The number of carbonyl (C=O) groups is 1. The van der Waals surface area contributed by atoms with Gasteiger partial charge in [0.2, 0.25) is 5.91 Å². The zero-order valence-corrected chi connectivity index (χ0v) is 13.7. The second kappa shape index (κ2) is 9.55. The number of benzene rings is 1. The van der Waals surface area contributed by atoms with E-state index in [9.17, 15) is 4.79 Å². The molecule has 0 bridgehead atoms. The first kappa shape index (κ1) is 17.7. The quantitative estimate of drug-likeness (QED) is 0.918. The van der Waals surface area contributed by atoms with Crippen LogP contribution in [0.25, 0.3) is 0 Å². The topological polar surface area (TPSA) is 51.2 Å². The summed E-state index contributed by atoms with van der Waals surface area (Å²) < 4.78 is 4.99. The highest BCUT2D eigenvalue weighted by Gasteiger charge is 1.98. The van der Waals surface area contributed by atoms with Crippen LogP contribution in [0.3, 0.4) is 0 Å². The Labute approximate surface area is 132 Å². The molecular formula is C18H24N2O2. The molecule has 0 aliphatic carbocycles. The molecule has 1 amide bonds. The Hall–Kier alpha value is -2.36. The third-order valence-corrected chi connectivity index (χ3v) is 3.07. The number of hydrogen-bond acceptors (Lipinski definition) is 3. The Morgan fingerprint density at radius 2 is 1.73 bits per heavy atom. The summed E-state index contributed by atoms with van der Waals surface area (Å²) >= 11 is 0. The summed E-state index contributed by atoms with van der Waals surface area (Å²) in [6.07, 6.45) is 4.15. The van der Waals surface area contributed by atoms with Crippen molar-refractivity contribution in [3.63, 3.8) is 0 Å². The number of nitrogens with zero attached hydrogens (tertiary/aromatic N) is 1. The van der Waals surface area contributed by atoms with Crippen LogP contribution in [-0.2, 0) is 4.79 Å². The molecule has 4 heteroatoms. The molecule has 2 aromatic rings. The van der Waals surface area contributed by atoms with Crippen molar-refractivity contribution in [2.45, 2.75) is 33.1 Å². The lowest BCUT2D eigenvalue weighted by molar-refractivity contribution is -0.115. The van der Waals surface area contributed by atoms with E-state index >= 15 is 0 Å². The van der Waals surface area contributed by atoms with Gasteiger partial charge in [-0.3, -0.25) is 9.78 Å². The molecule has 0 aliphatic rings. The fourth-order valence-corrected chi connectivity index (χ4v) is 1.67. The largest absolute Gasteiger partial charge is 0.497 e. The molecule has 0 unspecified atom stereocenters. The second-order valence-electron chi connectivity index (χ2n) is 5.07. The SMILES string of the molecule is CC(C)c1ccncc1.CCC(=O)Nc1ccc(OC)cc1. The van der Waals surface area contributed by atoms with E-state index in [-0.39, 0.29) is 5.91 Å². The van der Waals surface area contributed by atoms with Crippen LogP contribution in [-0.4, -0.2) is 18.0 Å². The third kappa shape index (κ3) is 6.39. The fraction of sp³-hybridized carbons (Fsp3) is 0.333. The molecule has 1 N–H and O–H groups in total. The molecule has 0 saturated heterocycles. The monoisotopic (exact) mass is 300 g/mol. The van der Waals surface area contributed by atoms with Crippen molar-refractivity contribution in [1.29, 1.82) is 0 Å². The van der Waals surface area contributed by atoms with Gasteiger partial charge in [0, 0.05) is 24.5 Å². The smallest absolute Gasteiger partial charge is 0.224 e. The maximum atomic E-state index is 11.0. The van der Waals surface area contributed by atoms with E-state index in [0.717, 1.165) is 11.4 Å². The van der Waals surface area contributed by atoms with Crippen LogP contribution in [0.2, 0.25) is 0 Å². The Morgan fingerprint density at radius 1 is 1.14 bits per heavy atom. The summed E-state index contributed by atoms with van der Waals surface area (Å²) in [4.78, 5) is 14.9. The van der Waals surface area contributed by atoms with Crippen LogP contribution in [0, 0.1) is 0 Å². The van der Waals surface area contributed by atoms with Gasteiger partial charge in [0.05, 0.1) is 7.11 Å². The number of methoxy groups -OCH3 is 1. The maximum absolute atomic E-state index is 11.0. The first-order valence-electron chi connectivity index (χ1n) is 7.40. The van der Waals surface area contributed by atoms with Crippen molar-refractivity contribution in [2.24, 2.45) is 0 Å². The van der Waals surface area contributed by atoms with Gasteiger partial charge in [-0.05, 0) is 47.9 Å². The molecular weight excluding hydrogens is 276 g/mol. The summed E-state index contributed by atoms with van der Waals surface area (Å²) in [6.45, 7) is 6.17. The zero-order chi connectivity index (χ0) is 16.4. The summed E-state index contributed by atoms with van der Waals surface area (Å²) in [5.74, 6) is 1.42. The maximum Gasteiger partial charge on any atom is 0.224 e. The summed E-state index contributed by atoms with van der Waals surface area (Å²) in [6, 6.07) is 11.3. The van der Waals surface area contributed by atoms with Crippen molar-refractivity contribution in [2.75, 3.05) is 12.4 Å². The van der Waals surface area contributed by atoms with Crippen LogP contribution >= 0.6 is 0 Å². The summed E-state index contributed by atoms with van der Waals surface area (Å²) in [5, 5.41) is 2.75. The fourth-order valence-electron chi connectivity index (χ4n) is 1.67. The molecule has 1 heterocycles. The highest BCUT2D eigenvalue weighted by molar-refractivity contribution is 5.90. The van der Waals surface area contributed by atoms with Crippen molar-refractivity contribution >= 4 is 11.6 Å². The number of hydrogen-bond donors (Lipinski definition) is 1. The number of nitrogens with one attached hydrogen (secondary N) is 1. The molecule has 0 fully saturated rings. The number of anilines is 1. The Morgan fingerprint density at radius 3 is 2.14 bits per heavy atom. The minimum absolute atomic E-state index is 0.0187. The van der Waals surface area contributed by atoms with Crippen molar-refractivity contribution in [3.8, 4) is 5.75 Å². The average molecular weight is 300 g/mol. The number of rotatable bonds is 4. The van der Waals surface area contributed by atoms with Crippen LogP contribution in [0.1, 0.15) is 38.7 Å². The summed E-state index contributed by atoms with van der Waals surface area (Å²) in [7, 11) is 1.61. The molecule has 0 saturated carbocycles. The highest BCUT2D eigenvalue weighted by Crippen LogP contribution is 2.14. The van der Waals surface area contributed by atoms with Crippen LogP contribution in [0.4, 0.5) is 5.69 Å². The third-order valence-electron chi connectivity index (χ3n) is 3.07. The predicted molar refractivity (Wildman–Crippen MR) is 90.2 cm³/mol. The number of amides is 1. The first-order chi connectivity index (χ1) is 10.6. The van der Waals surface area contributed by atoms with E-state index in [1.54, 1.807) is 7.11 Å². The Kier molecular flexibility index (Phi) is 7.68. The highest BCUT2D eigenvalue weighted by atomic mass is 16.5. The van der Waals surface area contributed by atoms with Crippen molar-refractivity contribution in [3.05, 3.63) is 54.4 Å². The minimum Gasteiger partial charge on any atom is -0.497 e. The molecule has 0 aliphatic heterocycles. The van der Waals surface area contributed by atoms with E-state index in [0.29, 0.717) is 12.3 Å². The standard InChI is InChI=1S/C10H13NO2.C8H11N/c1-3-10(12)11-8-4-6-9(13-2)7-5-8;1-7(2)8-3-5-9-6-4-8/h4-7H,3H2,1-2H3,(H,11,12);3-7H,1-2H3. The molecule has 2 rings (SSSR count). The van der Waals surface area contributed by atoms with E-state index in [4.69, 9.17) is 4.74 Å². The molecule has 22 heavy (non-hydrogen) atoms. The van der Waals surface area contributed by atoms with Crippen molar-refractivity contribution < 1.29 is 9.53 Å². The number of pyridine rings is 1. The van der Waals surface area contributed by atoms with Gasteiger partial charge >= 0.3 is 0 Å². The predicted octanol–water partition coefficient (Wildman–Crippen LogP) is 4.25. The van der Waals surface area contributed by atoms with Gasteiger partial charge in [-0.25, -0.2) is 0 Å². The molecule has 0 radical (unpaired) electrons. The molecule has 118 valence electrons. The van der Waals surface area contributed by atoms with Gasteiger partial charge in [0.25, 0.3) is 0 Å². The zero-order valence-electron chi connectivity index (χ0n) is 13.7. The van der Waals surface area contributed by atoms with Crippen LogP contribution < -0.4 is 10.1 Å². The molecule has 4 nitrogen and oxygen atoms in total. The van der Waals surface area contributed by atoms with Crippen LogP contribution in [0.5, 0.6) is 5.75 Å². The normalized spacial score (nSPS) is 9.68. The number of aromatic nitrogens is 1. The number of ether oxygens (including phenoxy) is 1. The number of carbonyl (C=O) groups excluding carboxylic acids is 1. The van der Waals surface area contributed by atoms with Gasteiger partial charge in [-0.15, -0.1) is 0 Å². The van der Waals surface area contributed by atoms with Gasteiger partial charge in [0.1, 0.15) is 5.75 Å². The first-order valence-corrected chi connectivity index (χ1v) is 7.40. The van der Waals surface area contributed by atoms with Crippen LogP contribution in [0.15, 0.2) is 48.8 Å². The van der Waals surface area contributed by atoms with Gasteiger partial charge in [-0.1, -0.05) is 20.8 Å². The van der Waals surface area contributed by atoms with Gasteiger partial charge in [-0.2, -0.15) is 0 Å².